The number of imidazole rings is 1. The first-order chi connectivity index (χ1) is 14.5. The lowest BCUT2D eigenvalue weighted by Gasteiger charge is -2.22. The van der Waals surface area contributed by atoms with Crippen molar-refractivity contribution in [2.45, 2.75) is 51.7 Å². The van der Waals surface area contributed by atoms with E-state index in [1.807, 2.05) is 18.3 Å². The van der Waals surface area contributed by atoms with Crippen LogP contribution in [0.4, 0.5) is 18.0 Å². The van der Waals surface area contributed by atoms with Crippen LogP contribution in [-0.2, 0) is 5.54 Å². The number of amides is 2. The van der Waals surface area contributed by atoms with Gasteiger partial charge < -0.3 is 14.8 Å². The quantitative estimate of drug-likeness (QED) is 0.673. The van der Waals surface area contributed by atoms with Crippen LogP contribution in [-0.4, -0.2) is 55.7 Å². The molecule has 4 rings (SSSR count). The van der Waals surface area contributed by atoms with Crippen LogP contribution in [0, 0.1) is 5.92 Å². The molecule has 0 radical (unpaired) electrons. The normalized spacial score (nSPS) is 20.2. The van der Waals surface area contributed by atoms with E-state index in [0.717, 1.165) is 23.5 Å². The number of carbonyl (C=O) groups is 1. The van der Waals surface area contributed by atoms with Crippen molar-refractivity contribution in [1.29, 1.82) is 0 Å². The Morgan fingerprint density at radius 1 is 1.23 bits per heavy atom. The molecule has 0 bridgehead atoms. The summed E-state index contributed by atoms with van der Waals surface area (Å²) in [7, 11) is 0. The van der Waals surface area contributed by atoms with E-state index < -0.39 is 18.8 Å². The molecule has 1 aromatic heterocycles. The van der Waals surface area contributed by atoms with Crippen molar-refractivity contribution >= 4 is 11.7 Å². The summed E-state index contributed by atoms with van der Waals surface area (Å²) in [5.74, 6) is 0.753. The van der Waals surface area contributed by atoms with Gasteiger partial charge in [-0.15, -0.1) is 0 Å². The van der Waals surface area contributed by atoms with E-state index in [2.05, 4.69) is 45.9 Å². The fraction of sp³-hybridized carbons (Fsp3) is 0.571. The molecule has 0 saturated carbocycles. The smallest absolute Gasteiger partial charge is 0.329 e. The molecule has 0 aliphatic carbocycles. The van der Waals surface area contributed by atoms with Gasteiger partial charge in [0.25, 0.3) is 0 Å². The van der Waals surface area contributed by atoms with Crippen LogP contribution < -0.4 is 5.32 Å². The first kappa shape index (κ1) is 21.5. The molecule has 1 aromatic rings. The van der Waals surface area contributed by atoms with Crippen LogP contribution in [0.5, 0.6) is 0 Å². The molecule has 4 heterocycles. The van der Waals surface area contributed by atoms with Gasteiger partial charge in [-0.05, 0) is 32.8 Å². The van der Waals surface area contributed by atoms with Gasteiger partial charge in [-0.3, -0.25) is 4.40 Å². The van der Waals surface area contributed by atoms with E-state index in [1.165, 1.54) is 4.90 Å². The number of aromatic nitrogens is 4. The highest BCUT2D eigenvalue weighted by Crippen LogP contribution is 2.38. The Balaban J connectivity index is 1.74. The molecule has 7 nitrogen and oxygen atoms in total. The van der Waals surface area contributed by atoms with Gasteiger partial charge in [0, 0.05) is 42.6 Å². The van der Waals surface area contributed by atoms with Crippen LogP contribution in [0.3, 0.4) is 0 Å². The van der Waals surface area contributed by atoms with Crippen LogP contribution in [0.15, 0.2) is 24.7 Å². The molecule has 1 saturated heterocycles. The predicted octanol–water partition coefficient (Wildman–Crippen LogP) is 4.09. The number of nitrogens with zero attached hydrogens (tertiary/aromatic N) is 5. The molecule has 1 N–H and O–H groups in total. The Morgan fingerprint density at radius 2 is 1.97 bits per heavy atom. The second-order valence-corrected chi connectivity index (χ2v) is 9.15. The maximum absolute atomic E-state index is 12.5. The minimum atomic E-state index is -4.43. The number of urea groups is 1. The summed E-state index contributed by atoms with van der Waals surface area (Å²) in [6.45, 7) is 7.81. The standard InChI is InChI=1S/C21H27F3N6O/c1-5-13-9-28(19(31)27-12-21(22,23)24)10-14(13)16-11-29(20(2,3)4)17-8-26-18-15(30(16)17)6-7-25-18/h6-8,11,13-14H,5,9-10,12H2,1-4H3,(H,27,31)/t13-,14+/m1/s1. The van der Waals surface area contributed by atoms with Gasteiger partial charge in [0.2, 0.25) is 0 Å². The SMILES string of the molecule is CC[C@@H]1CN(C(=O)NCC(F)(F)F)C[C@@H]1c1cn(C(C)(C)C)c2cnc3nccc-3n12. The van der Waals surface area contributed by atoms with Crippen molar-refractivity contribution in [3.63, 3.8) is 0 Å². The van der Waals surface area contributed by atoms with Crippen molar-refractivity contribution in [2.75, 3.05) is 19.6 Å². The Labute approximate surface area is 178 Å². The van der Waals surface area contributed by atoms with Crippen LogP contribution in [0.25, 0.3) is 17.2 Å². The zero-order valence-corrected chi connectivity index (χ0v) is 18.1. The minimum absolute atomic E-state index is 0.0155. The zero-order chi connectivity index (χ0) is 22.6. The van der Waals surface area contributed by atoms with E-state index in [0.29, 0.717) is 18.9 Å². The second kappa shape index (κ2) is 7.42. The lowest BCUT2D eigenvalue weighted by atomic mass is 9.91. The number of likely N-dealkylation sites (tertiary alicyclic amines) is 1. The van der Waals surface area contributed by atoms with Crippen molar-refractivity contribution < 1.29 is 18.0 Å². The third-order valence-corrected chi connectivity index (χ3v) is 5.99. The Bertz CT molecular complexity index is 1060. The molecule has 31 heavy (non-hydrogen) atoms. The Kier molecular flexibility index (Phi) is 5.13. The van der Waals surface area contributed by atoms with E-state index in [1.54, 1.807) is 12.4 Å². The van der Waals surface area contributed by atoms with Gasteiger partial charge in [-0.2, -0.15) is 13.2 Å². The van der Waals surface area contributed by atoms with E-state index in [9.17, 15) is 18.0 Å². The number of nitrogens with one attached hydrogen (secondary N) is 1. The summed E-state index contributed by atoms with van der Waals surface area (Å²) in [6.07, 6.45) is 1.98. The number of carbonyl (C=O) groups excluding carboxylic acids is 1. The van der Waals surface area contributed by atoms with E-state index in [-0.39, 0.29) is 17.4 Å². The zero-order valence-electron chi connectivity index (χ0n) is 18.1. The number of alkyl halides is 3. The van der Waals surface area contributed by atoms with Crippen LogP contribution >= 0.6 is 0 Å². The van der Waals surface area contributed by atoms with Crippen LogP contribution in [0.2, 0.25) is 0 Å². The highest BCUT2D eigenvalue weighted by atomic mass is 19.4. The molecular formula is C21H27F3N6O. The Hall–Kier alpha value is -2.78. The summed E-state index contributed by atoms with van der Waals surface area (Å²) in [5, 5.41) is 2.00. The number of halogens is 3. The first-order valence-electron chi connectivity index (χ1n) is 10.4. The highest BCUT2D eigenvalue weighted by Gasteiger charge is 2.39. The molecule has 1 fully saturated rings. The van der Waals surface area contributed by atoms with Crippen molar-refractivity contribution in [2.24, 2.45) is 5.92 Å². The number of fused-ring (bicyclic) bond motifs is 3. The molecule has 0 spiro atoms. The molecule has 2 amide bonds. The maximum atomic E-state index is 12.5. The largest absolute Gasteiger partial charge is 0.405 e. The van der Waals surface area contributed by atoms with E-state index >= 15 is 0 Å². The average Bonchev–Trinajstić information content (AvgIpc) is 3.38. The summed E-state index contributed by atoms with van der Waals surface area (Å²) in [4.78, 5) is 22.7. The molecule has 0 unspecified atom stereocenters. The van der Waals surface area contributed by atoms with Gasteiger partial charge in [0.05, 0.1) is 11.9 Å². The summed E-state index contributed by atoms with van der Waals surface area (Å²) in [5.41, 5.74) is 2.61. The second-order valence-electron chi connectivity index (χ2n) is 9.15. The highest BCUT2D eigenvalue weighted by molar-refractivity contribution is 5.74. The minimum Gasteiger partial charge on any atom is -0.329 e. The number of hydrogen-bond acceptors (Lipinski definition) is 3. The molecule has 2 atom stereocenters. The van der Waals surface area contributed by atoms with Gasteiger partial charge in [-0.1, -0.05) is 13.3 Å². The van der Waals surface area contributed by atoms with Crippen molar-refractivity contribution in [3.8, 4) is 11.5 Å². The third kappa shape index (κ3) is 3.95. The Morgan fingerprint density at radius 3 is 2.61 bits per heavy atom. The number of rotatable bonds is 3. The van der Waals surface area contributed by atoms with Crippen molar-refractivity contribution in [3.05, 3.63) is 30.4 Å². The fourth-order valence-corrected chi connectivity index (χ4v) is 4.46. The van der Waals surface area contributed by atoms with E-state index in [4.69, 9.17) is 0 Å². The van der Waals surface area contributed by atoms with Gasteiger partial charge in [0.1, 0.15) is 12.2 Å². The molecule has 3 aliphatic heterocycles. The van der Waals surface area contributed by atoms with Gasteiger partial charge >= 0.3 is 12.2 Å². The first-order valence-corrected chi connectivity index (χ1v) is 10.4. The molecule has 3 aliphatic rings. The summed E-state index contributed by atoms with van der Waals surface area (Å²) < 4.78 is 41.9. The maximum Gasteiger partial charge on any atom is 0.405 e. The summed E-state index contributed by atoms with van der Waals surface area (Å²) in [6, 6.07) is 1.24. The predicted molar refractivity (Wildman–Crippen MR) is 110 cm³/mol. The van der Waals surface area contributed by atoms with Crippen molar-refractivity contribution in [1.82, 2.24) is 29.2 Å². The molecule has 0 aromatic carbocycles. The third-order valence-electron chi connectivity index (χ3n) is 5.99. The monoisotopic (exact) mass is 436 g/mol. The molecular weight excluding hydrogens is 409 g/mol. The van der Waals surface area contributed by atoms with Crippen LogP contribution in [0.1, 0.15) is 45.7 Å². The van der Waals surface area contributed by atoms with Gasteiger partial charge in [-0.25, -0.2) is 14.8 Å². The molecule has 168 valence electrons. The average molecular weight is 436 g/mol. The molecule has 10 heteroatoms. The fourth-order valence-electron chi connectivity index (χ4n) is 4.46. The topological polar surface area (TPSA) is 67.5 Å². The van der Waals surface area contributed by atoms with Gasteiger partial charge in [0.15, 0.2) is 5.82 Å². The lowest BCUT2D eigenvalue weighted by molar-refractivity contribution is -0.123. The lowest BCUT2D eigenvalue weighted by Crippen LogP contribution is -2.42. The number of hydrogen-bond donors (Lipinski definition) is 1. The summed E-state index contributed by atoms with van der Waals surface area (Å²) >= 11 is 0.